The Balaban J connectivity index is 1.66. The Kier molecular flexibility index (Phi) is 5.12. The number of aromatic nitrogens is 2. The van der Waals surface area contributed by atoms with Crippen LogP contribution < -0.4 is 4.90 Å². The van der Waals surface area contributed by atoms with Crippen molar-refractivity contribution in [2.75, 3.05) is 18.0 Å². The van der Waals surface area contributed by atoms with Crippen LogP contribution >= 0.6 is 0 Å². The normalized spacial score (nSPS) is 17.9. The van der Waals surface area contributed by atoms with Crippen LogP contribution in [0.5, 0.6) is 0 Å². The Morgan fingerprint density at radius 3 is 2.14 bits per heavy atom. The van der Waals surface area contributed by atoms with Gasteiger partial charge in [-0.15, -0.1) is 0 Å². The maximum Gasteiger partial charge on any atom is 0.226 e. The largest absolute Gasteiger partial charge is 0.341 e. The van der Waals surface area contributed by atoms with E-state index in [-0.39, 0.29) is 0 Å². The van der Waals surface area contributed by atoms with Gasteiger partial charge in [-0.2, -0.15) is 0 Å². The second-order valence-electron chi connectivity index (χ2n) is 8.05. The molecule has 2 aromatic carbocycles. The molecule has 0 amide bonds. The summed E-state index contributed by atoms with van der Waals surface area (Å²) in [6.45, 7) is 2.12. The van der Waals surface area contributed by atoms with Crippen LogP contribution in [0.25, 0.3) is 22.9 Å². The lowest BCUT2D eigenvalue weighted by atomic mass is 9.87. The minimum Gasteiger partial charge on any atom is -0.341 e. The maximum atomic E-state index is 5.15. The molecule has 3 heteroatoms. The van der Waals surface area contributed by atoms with Crippen molar-refractivity contribution in [3.63, 3.8) is 0 Å². The molecule has 0 spiro atoms. The van der Waals surface area contributed by atoms with Crippen molar-refractivity contribution < 1.29 is 0 Å². The standard InChI is InChI=1S/C26H27N3/c1-4-11-20(12-5-1)19-22-15-10-16-23-24(21-13-6-2-7-14-21)27-26(28-25(22)23)29-17-8-3-9-18-29/h1-2,4-7,11-14,19H,3,8-10,15-18H2/b22-19+. The van der Waals surface area contributed by atoms with Gasteiger partial charge in [0.15, 0.2) is 0 Å². The first-order chi connectivity index (χ1) is 14.4. The first-order valence-electron chi connectivity index (χ1n) is 10.9. The third-order valence-corrected chi connectivity index (χ3v) is 6.00. The average molecular weight is 382 g/mol. The van der Waals surface area contributed by atoms with Crippen LogP contribution in [0.4, 0.5) is 5.95 Å². The van der Waals surface area contributed by atoms with E-state index in [9.17, 15) is 0 Å². The monoisotopic (exact) mass is 381 g/mol. The molecule has 1 aliphatic heterocycles. The summed E-state index contributed by atoms with van der Waals surface area (Å²) in [5.74, 6) is 0.906. The van der Waals surface area contributed by atoms with Crippen LogP contribution in [-0.4, -0.2) is 23.1 Å². The zero-order valence-electron chi connectivity index (χ0n) is 16.8. The number of anilines is 1. The van der Waals surface area contributed by atoms with Gasteiger partial charge < -0.3 is 4.90 Å². The lowest BCUT2D eigenvalue weighted by molar-refractivity contribution is 0.567. The first-order valence-corrected chi connectivity index (χ1v) is 10.9. The minimum atomic E-state index is 0.906. The van der Waals surface area contributed by atoms with Crippen LogP contribution in [0, 0.1) is 0 Å². The lowest BCUT2D eigenvalue weighted by Crippen LogP contribution is -2.31. The van der Waals surface area contributed by atoms with Crippen molar-refractivity contribution in [2.24, 2.45) is 0 Å². The Labute approximate surface area is 173 Å². The van der Waals surface area contributed by atoms with Crippen molar-refractivity contribution in [3.8, 4) is 11.3 Å². The highest BCUT2D eigenvalue weighted by Gasteiger charge is 2.24. The summed E-state index contributed by atoms with van der Waals surface area (Å²) in [5.41, 5.74) is 7.38. The van der Waals surface area contributed by atoms with Crippen molar-refractivity contribution in [1.29, 1.82) is 0 Å². The van der Waals surface area contributed by atoms with Crippen molar-refractivity contribution >= 4 is 17.6 Å². The molecule has 0 atom stereocenters. The zero-order valence-corrected chi connectivity index (χ0v) is 16.8. The quantitative estimate of drug-likeness (QED) is 0.556. The molecular formula is C26H27N3. The average Bonchev–Trinajstić information content (AvgIpc) is 2.80. The fourth-order valence-electron chi connectivity index (χ4n) is 4.51. The fraction of sp³-hybridized carbons (Fsp3) is 0.308. The van der Waals surface area contributed by atoms with Gasteiger partial charge in [0.1, 0.15) is 0 Å². The molecule has 0 N–H and O–H groups in total. The summed E-state index contributed by atoms with van der Waals surface area (Å²) in [6.07, 6.45) is 9.37. The predicted molar refractivity (Wildman–Crippen MR) is 121 cm³/mol. The van der Waals surface area contributed by atoms with E-state index in [0.717, 1.165) is 49.7 Å². The van der Waals surface area contributed by atoms with Crippen LogP contribution in [0.3, 0.4) is 0 Å². The van der Waals surface area contributed by atoms with Crippen molar-refractivity contribution in [2.45, 2.75) is 38.5 Å². The molecule has 3 aromatic rings. The summed E-state index contributed by atoms with van der Waals surface area (Å²) >= 11 is 0. The number of fused-ring (bicyclic) bond motifs is 1. The summed E-state index contributed by atoms with van der Waals surface area (Å²) in [6, 6.07) is 21.3. The maximum absolute atomic E-state index is 5.15. The number of rotatable bonds is 3. The molecule has 0 bridgehead atoms. The minimum absolute atomic E-state index is 0.906. The molecule has 5 rings (SSSR count). The van der Waals surface area contributed by atoms with E-state index >= 15 is 0 Å². The molecule has 3 nitrogen and oxygen atoms in total. The van der Waals surface area contributed by atoms with Crippen molar-refractivity contribution in [1.82, 2.24) is 9.97 Å². The molecule has 146 valence electrons. The van der Waals surface area contributed by atoms with E-state index < -0.39 is 0 Å². The summed E-state index contributed by atoms with van der Waals surface area (Å²) in [5, 5.41) is 0. The van der Waals surface area contributed by atoms with E-state index in [1.54, 1.807) is 0 Å². The smallest absolute Gasteiger partial charge is 0.226 e. The number of benzene rings is 2. The Hall–Kier alpha value is -2.94. The molecule has 29 heavy (non-hydrogen) atoms. The number of hydrogen-bond donors (Lipinski definition) is 0. The molecule has 2 heterocycles. The topological polar surface area (TPSA) is 29.0 Å². The van der Waals surface area contributed by atoms with Crippen molar-refractivity contribution in [3.05, 3.63) is 77.5 Å². The molecule has 1 aliphatic carbocycles. The Morgan fingerprint density at radius 2 is 1.38 bits per heavy atom. The summed E-state index contributed by atoms with van der Waals surface area (Å²) < 4.78 is 0. The van der Waals surface area contributed by atoms with E-state index in [2.05, 4.69) is 71.6 Å². The SMILES string of the molecule is C(=C1/CCCc2c1nc(N1CCCCC1)nc2-c1ccccc1)/c1ccccc1. The van der Waals surface area contributed by atoms with E-state index in [1.165, 1.54) is 41.5 Å². The number of piperidine rings is 1. The molecule has 1 fully saturated rings. The zero-order chi connectivity index (χ0) is 19.5. The highest BCUT2D eigenvalue weighted by atomic mass is 15.3. The van der Waals surface area contributed by atoms with E-state index in [0.29, 0.717) is 0 Å². The highest BCUT2D eigenvalue weighted by molar-refractivity contribution is 5.85. The molecule has 1 saturated heterocycles. The molecule has 0 saturated carbocycles. The molecular weight excluding hydrogens is 354 g/mol. The van der Waals surface area contributed by atoms with Crippen LogP contribution in [0.2, 0.25) is 0 Å². The second-order valence-corrected chi connectivity index (χ2v) is 8.05. The van der Waals surface area contributed by atoms with Gasteiger partial charge in [0.2, 0.25) is 5.95 Å². The highest BCUT2D eigenvalue weighted by Crippen LogP contribution is 2.37. The van der Waals surface area contributed by atoms with Gasteiger partial charge in [-0.05, 0) is 55.7 Å². The number of nitrogens with zero attached hydrogens (tertiary/aromatic N) is 3. The third kappa shape index (κ3) is 3.82. The molecule has 1 aromatic heterocycles. The van der Waals surface area contributed by atoms with E-state index in [4.69, 9.17) is 9.97 Å². The first kappa shape index (κ1) is 18.1. The fourth-order valence-corrected chi connectivity index (χ4v) is 4.51. The molecule has 0 unspecified atom stereocenters. The van der Waals surface area contributed by atoms with Gasteiger partial charge in [-0.1, -0.05) is 60.7 Å². The van der Waals surface area contributed by atoms with Gasteiger partial charge in [0.25, 0.3) is 0 Å². The number of allylic oxidation sites excluding steroid dienone is 1. The molecule has 0 radical (unpaired) electrons. The molecule has 2 aliphatic rings. The second kappa shape index (κ2) is 8.20. The Morgan fingerprint density at radius 1 is 0.690 bits per heavy atom. The lowest BCUT2D eigenvalue weighted by Gasteiger charge is -2.29. The van der Waals surface area contributed by atoms with Gasteiger partial charge in [0, 0.05) is 24.2 Å². The van der Waals surface area contributed by atoms with Gasteiger partial charge in [0.05, 0.1) is 11.4 Å². The van der Waals surface area contributed by atoms with E-state index in [1.807, 2.05) is 0 Å². The third-order valence-electron chi connectivity index (χ3n) is 6.00. The van der Waals surface area contributed by atoms with Crippen LogP contribution in [-0.2, 0) is 6.42 Å². The van der Waals surface area contributed by atoms with Crippen LogP contribution in [0.1, 0.15) is 48.9 Å². The Bertz CT molecular complexity index is 1000. The summed E-state index contributed by atoms with van der Waals surface area (Å²) in [7, 11) is 0. The van der Waals surface area contributed by atoms with Gasteiger partial charge in [-0.3, -0.25) is 0 Å². The van der Waals surface area contributed by atoms with Gasteiger partial charge in [-0.25, -0.2) is 9.97 Å². The summed E-state index contributed by atoms with van der Waals surface area (Å²) in [4.78, 5) is 12.6. The van der Waals surface area contributed by atoms with Gasteiger partial charge >= 0.3 is 0 Å². The predicted octanol–water partition coefficient (Wildman–Crippen LogP) is 6.01. The van der Waals surface area contributed by atoms with Crippen LogP contribution in [0.15, 0.2) is 60.7 Å². The number of hydrogen-bond acceptors (Lipinski definition) is 3.